The van der Waals surface area contributed by atoms with Gasteiger partial charge in [0.2, 0.25) is 0 Å². The quantitative estimate of drug-likeness (QED) is 0.512. The average molecular weight is 456 g/mol. The van der Waals surface area contributed by atoms with Gasteiger partial charge in [-0.1, -0.05) is 11.6 Å². The zero-order valence-electron chi connectivity index (χ0n) is 17.3. The van der Waals surface area contributed by atoms with Crippen LogP contribution in [0.25, 0.3) is 11.1 Å². The Morgan fingerprint density at radius 3 is 2.75 bits per heavy atom. The molecule has 1 saturated heterocycles. The number of hydrogen-bond donors (Lipinski definition) is 3. The maximum atomic E-state index is 12.8. The third kappa shape index (κ3) is 4.59. The van der Waals surface area contributed by atoms with Crippen molar-refractivity contribution < 1.29 is 14.3 Å². The highest BCUT2D eigenvalue weighted by Gasteiger charge is 2.29. The Labute approximate surface area is 189 Å². The summed E-state index contributed by atoms with van der Waals surface area (Å²) in [5, 5.41) is 7.50. The maximum absolute atomic E-state index is 12.8. The summed E-state index contributed by atoms with van der Waals surface area (Å²) in [6, 6.07) is 6.06. The normalized spacial score (nSPS) is 15.6. The standard InChI is InChI=1S/C21H22ClN7O3/c1-28-10-13(9-26-28)12-6-16(19(24)25-8-12)20(30)27-15-4-5-29(11-15)21(31)32-18-3-2-14(22)7-17(18)23/h2-3,6-10,15H,4-5,11,23H2,1H3,(H2,24,25)(H,27,30)/t15-/m1/s1. The van der Waals surface area contributed by atoms with Gasteiger partial charge in [-0.05, 0) is 30.7 Å². The molecule has 0 saturated carbocycles. The number of rotatable bonds is 4. The number of likely N-dealkylation sites (tertiary alicyclic amines) is 1. The van der Waals surface area contributed by atoms with Crippen LogP contribution in [-0.2, 0) is 7.05 Å². The zero-order valence-corrected chi connectivity index (χ0v) is 18.0. The lowest BCUT2D eigenvalue weighted by atomic mass is 10.1. The number of nitrogen functional groups attached to an aromatic ring is 2. The van der Waals surface area contributed by atoms with Gasteiger partial charge in [-0.2, -0.15) is 5.10 Å². The fourth-order valence-electron chi connectivity index (χ4n) is 3.46. The minimum atomic E-state index is -0.546. The van der Waals surface area contributed by atoms with Gasteiger partial charge in [-0.3, -0.25) is 9.48 Å². The highest BCUT2D eigenvalue weighted by atomic mass is 35.5. The van der Waals surface area contributed by atoms with Crippen molar-refractivity contribution in [2.75, 3.05) is 24.6 Å². The number of aromatic nitrogens is 3. The number of amides is 2. The number of nitrogens with zero attached hydrogens (tertiary/aromatic N) is 4. The smallest absolute Gasteiger partial charge is 0.408 e. The molecule has 0 unspecified atom stereocenters. The number of aryl methyl sites for hydroxylation is 1. The van der Waals surface area contributed by atoms with E-state index < -0.39 is 6.09 Å². The number of hydrogen-bond acceptors (Lipinski definition) is 7. The van der Waals surface area contributed by atoms with Crippen LogP contribution >= 0.6 is 11.6 Å². The molecule has 32 heavy (non-hydrogen) atoms. The van der Waals surface area contributed by atoms with E-state index in [0.717, 1.165) is 11.1 Å². The van der Waals surface area contributed by atoms with Gasteiger partial charge in [-0.15, -0.1) is 0 Å². The van der Waals surface area contributed by atoms with Crippen LogP contribution in [-0.4, -0.2) is 50.8 Å². The molecule has 2 amide bonds. The summed E-state index contributed by atoms with van der Waals surface area (Å²) >= 11 is 5.87. The lowest BCUT2D eigenvalue weighted by Gasteiger charge is -2.18. The second-order valence-corrected chi connectivity index (χ2v) is 7.95. The molecule has 1 aliphatic heterocycles. The first-order valence-electron chi connectivity index (χ1n) is 9.87. The molecule has 11 heteroatoms. The van der Waals surface area contributed by atoms with Gasteiger partial charge < -0.3 is 26.4 Å². The molecule has 0 aliphatic carbocycles. The average Bonchev–Trinajstić information content (AvgIpc) is 3.39. The van der Waals surface area contributed by atoms with E-state index in [2.05, 4.69) is 15.4 Å². The molecule has 1 fully saturated rings. The van der Waals surface area contributed by atoms with Crippen LogP contribution in [0.2, 0.25) is 5.02 Å². The van der Waals surface area contributed by atoms with E-state index >= 15 is 0 Å². The number of carbonyl (C=O) groups is 2. The number of ether oxygens (including phenoxy) is 1. The summed E-state index contributed by atoms with van der Waals surface area (Å²) in [5.74, 6) is 0.00321. The van der Waals surface area contributed by atoms with E-state index in [4.69, 9.17) is 27.8 Å². The summed E-state index contributed by atoms with van der Waals surface area (Å²) in [6.45, 7) is 0.731. The summed E-state index contributed by atoms with van der Waals surface area (Å²) in [4.78, 5) is 31.0. The van der Waals surface area contributed by atoms with E-state index in [1.54, 1.807) is 36.3 Å². The number of carbonyl (C=O) groups excluding carboxylic acids is 2. The van der Waals surface area contributed by atoms with E-state index in [1.165, 1.54) is 17.0 Å². The molecular formula is C21H22ClN7O3. The monoisotopic (exact) mass is 455 g/mol. The molecule has 0 spiro atoms. The van der Waals surface area contributed by atoms with Crippen molar-refractivity contribution in [3.63, 3.8) is 0 Å². The Balaban J connectivity index is 1.39. The van der Waals surface area contributed by atoms with Crippen LogP contribution in [0.1, 0.15) is 16.8 Å². The maximum Gasteiger partial charge on any atom is 0.415 e. The van der Waals surface area contributed by atoms with Crippen molar-refractivity contribution in [2.45, 2.75) is 12.5 Å². The first-order chi connectivity index (χ1) is 15.3. The molecule has 1 aromatic carbocycles. The summed E-state index contributed by atoms with van der Waals surface area (Å²) in [6.07, 6.45) is 5.13. The third-order valence-electron chi connectivity index (χ3n) is 5.15. The molecule has 2 aromatic heterocycles. The summed E-state index contributed by atoms with van der Waals surface area (Å²) < 4.78 is 7.02. The van der Waals surface area contributed by atoms with Crippen LogP contribution in [0.15, 0.2) is 42.9 Å². The minimum absolute atomic E-state index is 0.127. The summed E-state index contributed by atoms with van der Waals surface area (Å²) in [5.41, 5.74) is 13.9. The Bertz CT molecular complexity index is 1180. The first kappa shape index (κ1) is 21.4. The van der Waals surface area contributed by atoms with Crippen LogP contribution in [0.4, 0.5) is 16.3 Å². The van der Waals surface area contributed by atoms with Gasteiger partial charge in [0.25, 0.3) is 5.91 Å². The lowest BCUT2D eigenvalue weighted by molar-refractivity contribution is 0.0937. The van der Waals surface area contributed by atoms with Gasteiger partial charge in [0, 0.05) is 54.7 Å². The van der Waals surface area contributed by atoms with E-state index in [1.807, 2.05) is 6.20 Å². The Morgan fingerprint density at radius 2 is 2.03 bits per heavy atom. The van der Waals surface area contributed by atoms with E-state index in [9.17, 15) is 9.59 Å². The molecule has 4 rings (SSSR count). The topological polar surface area (TPSA) is 141 Å². The van der Waals surface area contributed by atoms with Crippen molar-refractivity contribution in [3.8, 4) is 16.9 Å². The Kier molecular flexibility index (Phi) is 5.87. The largest absolute Gasteiger partial charge is 0.415 e. The summed E-state index contributed by atoms with van der Waals surface area (Å²) in [7, 11) is 1.81. The molecule has 5 N–H and O–H groups in total. The third-order valence-corrected chi connectivity index (χ3v) is 5.39. The highest BCUT2D eigenvalue weighted by Crippen LogP contribution is 2.26. The molecule has 0 radical (unpaired) electrons. The molecular weight excluding hydrogens is 434 g/mol. The van der Waals surface area contributed by atoms with E-state index in [-0.39, 0.29) is 34.8 Å². The fourth-order valence-corrected chi connectivity index (χ4v) is 3.64. The second kappa shape index (κ2) is 8.75. The number of anilines is 2. The fraction of sp³-hybridized carbons (Fsp3) is 0.238. The number of benzene rings is 1. The molecule has 1 aliphatic rings. The Hall–Kier alpha value is -3.79. The molecule has 10 nitrogen and oxygen atoms in total. The number of nitrogens with one attached hydrogen (secondary N) is 1. The molecule has 1 atom stereocenters. The highest BCUT2D eigenvalue weighted by molar-refractivity contribution is 6.30. The Morgan fingerprint density at radius 1 is 1.22 bits per heavy atom. The second-order valence-electron chi connectivity index (χ2n) is 7.51. The predicted molar refractivity (Wildman–Crippen MR) is 120 cm³/mol. The lowest BCUT2D eigenvalue weighted by Crippen LogP contribution is -2.39. The molecule has 166 valence electrons. The van der Waals surface area contributed by atoms with Crippen molar-refractivity contribution in [3.05, 3.63) is 53.4 Å². The van der Waals surface area contributed by atoms with Crippen molar-refractivity contribution >= 4 is 35.1 Å². The number of pyridine rings is 1. The van der Waals surface area contributed by atoms with Crippen LogP contribution < -0.4 is 21.5 Å². The molecule has 0 bridgehead atoms. The van der Waals surface area contributed by atoms with Crippen molar-refractivity contribution in [2.24, 2.45) is 7.05 Å². The molecule has 3 aromatic rings. The van der Waals surface area contributed by atoms with Gasteiger partial charge in [0.15, 0.2) is 5.75 Å². The SMILES string of the molecule is Cn1cc(-c2cnc(N)c(C(=O)N[C@@H]3CCN(C(=O)Oc4ccc(Cl)cc4N)C3)c2)cn1. The van der Waals surface area contributed by atoms with Gasteiger partial charge in [0.05, 0.1) is 17.4 Å². The molecule has 3 heterocycles. The van der Waals surface area contributed by atoms with Crippen LogP contribution in [0.3, 0.4) is 0 Å². The number of halogens is 1. The van der Waals surface area contributed by atoms with Crippen molar-refractivity contribution in [1.29, 1.82) is 0 Å². The van der Waals surface area contributed by atoms with Gasteiger partial charge in [-0.25, -0.2) is 9.78 Å². The number of nitrogens with two attached hydrogens (primary N) is 2. The minimum Gasteiger partial charge on any atom is -0.408 e. The van der Waals surface area contributed by atoms with Crippen molar-refractivity contribution in [1.82, 2.24) is 25.0 Å². The zero-order chi connectivity index (χ0) is 22.8. The predicted octanol–water partition coefficient (Wildman–Crippen LogP) is 2.30. The van der Waals surface area contributed by atoms with Crippen LogP contribution in [0.5, 0.6) is 5.75 Å². The van der Waals surface area contributed by atoms with Gasteiger partial charge >= 0.3 is 6.09 Å². The van der Waals surface area contributed by atoms with Gasteiger partial charge in [0.1, 0.15) is 5.82 Å². The first-order valence-corrected chi connectivity index (χ1v) is 10.2. The van der Waals surface area contributed by atoms with Crippen LogP contribution in [0, 0.1) is 0 Å². The van der Waals surface area contributed by atoms with E-state index in [0.29, 0.717) is 24.5 Å².